The smallest absolute Gasteiger partial charge is 0.0594 e. The molecule has 3 heteroatoms. The van der Waals surface area contributed by atoms with Gasteiger partial charge in [-0.3, -0.25) is 4.90 Å². The van der Waals surface area contributed by atoms with E-state index in [4.69, 9.17) is 4.74 Å². The zero-order chi connectivity index (χ0) is 13.6. The fourth-order valence-electron chi connectivity index (χ4n) is 2.55. The van der Waals surface area contributed by atoms with Crippen molar-refractivity contribution in [1.82, 2.24) is 10.2 Å². The van der Waals surface area contributed by atoms with Gasteiger partial charge in [-0.1, -0.05) is 30.3 Å². The summed E-state index contributed by atoms with van der Waals surface area (Å²) < 4.78 is 5.42. The standard InChI is InChI=1S/C16H26N2O/c1-16(2,18-10-12-19-13-11-18)14-17-9-8-15-6-4-3-5-7-15/h3-7,17H,8-14H2,1-2H3. The van der Waals surface area contributed by atoms with E-state index in [2.05, 4.69) is 54.4 Å². The lowest BCUT2D eigenvalue weighted by molar-refractivity contribution is -0.00949. The van der Waals surface area contributed by atoms with E-state index < -0.39 is 0 Å². The summed E-state index contributed by atoms with van der Waals surface area (Å²) in [5, 5.41) is 3.59. The number of benzene rings is 1. The fraction of sp³-hybridized carbons (Fsp3) is 0.625. The van der Waals surface area contributed by atoms with Crippen LogP contribution in [-0.2, 0) is 11.2 Å². The number of hydrogen-bond donors (Lipinski definition) is 1. The molecule has 0 aromatic heterocycles. The zero-order valence-corrected chi connectivity index (χ0v) is 12.2. The molecule has 19 heavy (non-hydrogen) atoms. The molecule has 106 valence electrons. The molecule has 0 amide bonds. The van der Waals surface area contributed by atoms with E-state index >= 15 is 0 Å². The van der Waals surface area contributed by atoms with Crippen molar-refractivity contribution < 1.29 is 4.74 Å². The topological polar surface area (TPSA) is 24.5 Å². The van der Waals surface area contributed by atoms with Gasteiger partial charge >= 0.3 is 0 Å². The molecule has 1 aromatic rings. The number of nitrogens with one attached hydrogen (secondary N) is 1. The summed E-state index contributed by atoms with van der Waals surface area (Å²) in [6, 6.07) is 10.7. The molecule has 3 nitrogen and oxygen atoms in total. The van der Waals surface area contributed by atoms with E-state index in [1.54, 1.807) is 0 Å². The normalized spacial score (nSPS) is 17.6. The van der Waals surface area contributed by atoms with Gasteiger partial charge < -0.3 is 10.1 Å². The van der Waals surface area contributed by atoms with Crippen molar-refractivity contribution in [2.24, 2.45) is 0 Å². The van der Waals surface area contributed by atoms with Crippen LogP contribution in [0.3, 0.4) is 0 Å². The van der Waals surface area contributed by atoms with Crippen molar-refractivity contribution >= 4 is 0 Å². The van der Waals surface area contributed by atoms with Gasteiger partial charge in [0, 0.05) is 25.2 Å². The molecule has 0 bridgehead atoms. The molecule has 1 aromatic carbocycles. The first-order valence-electron chi connectivity index (χ1n) is 7.26. The molecule has 1 aliphatic heterocycles. The molecule has 1 fully saturated rings. The molecule has 0 saturated carbocycles. The molecular formula is C16H26N2O. The van der Waals surface area contributed by atoms with Crippen LogP contribution in [0.4, 0.5) is 0 Å². The van der Waals surface area contributed by atoms with Gasteiger partial charge in [-0.2, -0.15) is 0 Å². The first-order valence-corrected chi connectivity index (χ1v) is 7.26. The number of hydrogen-bond acceptors (Lipinski definition) is 3. The van der Waals surface area contributed by atoms with Crippen LogP contribution in [0.15, 0.2) is 30.3 Å². The van der Waals surface area contributed by atoms with Crippen LogP contribution in [0.25, 0.3) is 0 Å². The maximum Gasteiger partial charge on any atom is 0.0594 e. The Bertz CT molecular complexity index is 358. The van der Waals surface area contributed by atoms with Crippen LogP contribution in [0.5, 0.6) is 0 Å². The van der Waals surface area contributed by atoms with Crippen molar-refractivity contribution in [1.29, 1.82) is 0 Å². The highest BCUT2D eigenvalue weighted by atomic mass is 16.5. The summed E-state index contributed by atoms with van der Waals surface area (Å²) in [6.45, 7) is 10.5. The maximum absolute atomic E-state index is 5.42. The van der Waals surface area contributed by atoms with Crippen LogP contribution >= 0.6 is 0 Å². The van der Waals surface area contributed by atoms with E-state index in [0.29, 0.717) is 0 Å². The summed E-state index contributed by atoms with van der Waals surface area (Å²) in [5.74, 6) is 0. The van der Waals surface area contributed by atoms with E-state index in [-0.39, 0.29) is 5.54 Å². The number of nitrogens with zero attached hydrogens (tertiary/aromatic N) is 1. The van der Waals surface area contributed by atoms with E-state index in [9.17, 15) is 0 Å². The molecule has 0 radical (unpaired) electrons. The Labute approximate surface area is 116 Å². The fourth-order valence-corrected chi connectivity index (χ4v) is 2.55. The van der Waals surface area contributed by atoms with Crippen molar-refractivity contribution in [2.45, 2.75) is 25.8 Å². The van der Waals surface area contributed by atoms with Crippen molar-refractivity contribution in [2.75, 3.05) is 39.4 Å². The predicted octanol–water partition coefficient (Wildman–Crippen LogP) is 1.93. The predicted molar refractivity (Wildman–Crippen MR) is 79.5 cm³/mol. The highest BCUT2D eigenvalue weighted by Crippen LogP contribution is 2.15. The summed E-state index contributed by atoms with van der Waals surface area (Å²) in [5.41, 5.74) is 1.61. The lowest BCUT2D eigenvalue weighted by atomic mass is 10.0. The first-order chi connectivity index (χ1) is 9.18. The summed E-state index contributed by atoms with van der Waals surface area (Å²) in [6.07, 6.45) is 1.10. The van der Waals surface area contributed by atoms with E-state index in [1.165, 1.54) is 5.56 Å². The average molecular weight is 262 g/mol. The zero-order valence-electron chi connectivity index (χ0n) is 12.2. The van der Waals surface area contributed by atoms with Gasteiger partial charge in [-0.15, -0.1) is 0 Å². The molecule has 2 rings (SSSR count). The molecule has 0 spiro atoms. The van der Waals surface area contributed by atoms with Crippen LogP contribution in [0, 0.1) is 0 Å². The Balaban J connectivity index is 1.69. The molecule has 0 aliphatic carbocycles. The van der Waals surface area contributed by atoms with Crippen LogP contribution in [0.2, 0.25) is 0 Å². The lowest BCUT2D eigenvalue weighted by Gasteiger charge is -2.41. The van der Waals surface area contributed by atoms with Gasteiger partial charge in [0.2, 0.25) is 0 Å². The Morgan fingerprint density at radius 2 is 1.84 bits per heavy atom. The van der Waals surface area contributed by atoms with Gasteiger partial charge in [-0.25, -0.2) is 0 Å². The first kappa shape index (κ1) is 14.5. The largest absolute Gasteiger partial charge is 0.379 e. The van der Waals surface area contributed by atoms with Crippen molar-refractivity contribution in [3.05, 3.63) is 35.9 Å². The third kappa shape index (κ3) is 4.60. The van der Waals surface area contributed by atoms with Gasteiger partial charge in [0.15, 0.2) is 0 Å². The van der Waals surface area contributed by atoms with Crippen molar-refractivity contribution in [3.63, 3.8) is 0 Å². The second-order valence-electron chi connectivity index (χ2n) is 5.82. The van der Waals surface area contributed by atoms with Crippen LogP contribution in [-0.4, -0.2) is 49.8 Å². The minimum absolute atomic E-state index is 0.209. The number of rotatable bonds is 6. The monoisotopic (exact) mass is 262 g/mol. The van der Waals surface area contributed by atoms with E-state index in [0.717, 1.165) is 45.8 Å². The van der Waals surface area contributed by atoms with Crippen LogP contribution in [0.1, 0.15) is 19.4 Å². The Kier molecular flexibility index (Phi) is 5.37. The van der Waals surface area contributed by atoms with E-state index in [1.807, 2.05) is 0 Å². The molecular weight excluding hydrogens is 236 g/mol. The van der Waals surface area contributed by atoms with Crippen LogP contribution < -0.4 is 5.32 Å². The highest BCUT2D eigenvalue weighted by molar-refractivity contribution is 5.14. The number of morpholine rings is 1. The van der Waals surface area contributed by atoms with Gasteiger partial charge in [0.25, 0.3) is 0 Å². The average Bonchev–Trinajstić information content (AvgIpc) is 2.46. The quantitative estimate of drug-likeness (QED) is 0.793. The molecule has 1 N–H and O–H groups in total. The molecule has 1 heterocycles. The van der Waals surface area contributed by atoms with Gasteiger partial charge in [0.1, 0.15) is 0 Å². The minimum atomic E-state index is 0.209. The Hall–Kier alpha value is -0.900. The lowest BCUT2D eigenvalue weighted by Crippen LogP contribution is -2.54. The third-order valence-electron chi connectivity index (χ3n) is 3.86. The van der Waals surface area contributed by atoms with Gasteiger partial charge in [0.05, 0.1) is 13.2 Å². The highest BCUT2D eigenvalue weighted by Gasteiger charge is 2.27. The molecule has 0 atom stereocenters. The molecule has 1 saturated heterocycles. The van der Waals surface area contributed by atoms with Crippen molar-refractivity contribution in [3.8, 4) is 0 Å². The minimum Gasteiger partial charge on any atom is -0.379 e. The third-order valence-corrected chi connectivity index (χ3v) is 3.86. The Morgan fingerprint density at radius 3 is 2.53 bits per heavy atom. The summed E-state index contributed by atoms with van der Waals surface area (Å²) >= 11 is 0. The maximum atomic E-state index is 5.42. The molecule has 0 unspecified atom stereocenters. The number of ether oxygens (including phenoxy) is 1. The molecule has 1 aliphatic rings. The second kappa shape index (κ2) is 7.04. The summed E-state index contributed by atoms with van der Waals surface area (Å²) in [4.78, 5) is 2.52. The SMILES string of the molecule is CC(C)(CNCCc1ccccc1)N1CCOCC1. The summed E-state index contributed by atoms with van der Waals surface area (Å²) in [7, 11) is 0. The van der Waals surface area contributed by atoms with Gasteiger partial charge in [-0.05, 0) is 32.4 Å². The second-order valence-corrected chi connectivity index (χ2v) is 5.82. The Morgan fingerprint density at radius 1 is 1.16 bits per heavy atom.